The monoisotopic (exact) mass is 725 g/mol. The van der Waals surface area contributed by atoms with Crippen LogP contribution in [0.1, 0.15) is 136 Å². The van der Waals surface area contributed by atoms with Crippen LogP contribution in [0, 0.1) is 17.2 Å². The SMILES string of the molecule is CCCCCCCCCCCCCC(=O)OC(C)C.COc1ccc(CCN(C)CCCC(C#N)(c2ccc(OC)c(OC)c2)C(C)C)cc1OC. The van der Waals surface area contributed by atoms with Crippen molar-refractivity contribution >= 4 is 5.97 Å². The number of nitriles is 1. The van der Waals surface area contributed by atoms with Crippen molar-refractivity contribution in [1.82, 2.24) is 4.90 Å². The molecule has 0 radical (unpaired) electrons. The van der Waals surface area contributed by atoms with Crippen LogP contribution >= 0.6 is 0 Å². The number of benzene rings is 2. The van der Waals surface area contributed by atoms with Gasteiger partial charge in [-0.1, -0.05) is 97.1 Å². The van der Waals surface area contributed by atoms with E-state index in [1.54, 1.807) is 28.4 Å². The molecule has 2 aromatic carbocycles. The average Bonchev–Trinajstić information content (AvgIpc) is 3.14. The van der Waals surface area contributed by atoms with Crippen molar-refractivity contribution in [2.24, 2.45) is 5.92 Å². The van der Waals surface area contributed by atoms with Gasteiger partial charge in [0.15, 0.2) is 23.0 Å². The Morgan fingerprint density at radius 3 is 1.73 bits per heavy atom. The molecule has 1 unspecified atom stereocenters. The van der Waals surface area contributed by atoms with E-state index >= 15 is 0 Å². The summed E-state index contributed by atoms with van der Waals surface area (Å²) in [5, 5.41) is 10.2. The molecule has 0 amide bonds. The standard InChI is InChI=1S/C27H38N2O4.C17H34O2/c1-20(2)27(19-28,22-10-12-24(31-5)26(18-22)33-7)14-8-15-29(3)16-13-21-9-11-23(30-4)25(17-21)32-6;1-4-5-6-7-8-9-10-11-12-13-14-15-17(18)19-16(2)3/h9-12,17-18,20H,8,13-16H2,1-7H3;16H,4-15H2,1-3H3. The molecule has 8 heteroatoms. The Balaban J connectivity index is 0.000000607. The van der Waals surface area contributed by atoms with E-state index < -0.39 is 5.41 Å². The first-order chi connectivity index (χ1) is 25.0. The molecule has 0 saturated carbocycles. The summed E-state index contributed by atoms with van der Waals surface area (Å²) in [5.74, 6) is 2.95. The summed E-state index contributed by atoms with van der Waals surface area (Å²) in [6.07, 6.45) is 17.7. The predicted molar refractivity (Wildman–Crippen MR) is 214 cm³/mol. The maximum absolute atomic E-state index is 11.3. The molecule has 0 spiro atoms. The first kappa shape index (κ1) is 46.6. The van der Waals surface area contributed by atoms with E-state index in [4.69, 9.17) is 23.7 Å². The maximum atomic E-state index is 11.3. The number of carbonyl (C=O) groups excluding carboxylic acids is 1. The van der Waals surface area contributed by atoms with Gasteiger partial charge in [-0.05, 0) is 94.4 Å². The lowest BCUT2D eigenvalue weighted by atomic mass is 9.69. The van der Waals surface area contributed by atoms with Crippen molar-refractivity contribution in [2.45, 2.75) is 142 Å². The van der Waals surface area contributed by atoms with Crippen LogP contribution in [0.5, 0.6) is 23.0 Å². The summed E-state index contributed by atoms with van der Waals surface area (Å²) < 4.78 is 26.7. The molecule has 294 valence electrons. The van der Waals surface area contributed by atoms with Gasteiger partial charge in [0.25, 0.3) is 0 Å². The van der Waals surface area contributed by atoms with E-state index in [0.29, 0.717) is 17.9 Å². The van der Waals surface area contributed by atoms with Crippen LogP contribution in [-0.2, 0) is 21.4 Å². The highest BCUT2D eigenvalue weighted by Crippen LogP contribution is 2.40. The van der Waals surface area contributed by atoms with Crippen LogP contribution in [0.15, 0.2) is 36.4 Å². The average molecular weight is 725 g/mol. The Kier molecular flexibility index (Phi) is 24.4. The summed E-state index contributed by atoms with van der Waals surface area (Å²) in [6.45, 7) is 12.1. The fraction of sp³-hybridized carbons (Fsp3) is 0.682. The molecule has 8 nitrogen and oxygen atoms in total. The molecule has 0 aliphatic heterocycles. The third-order valence-corrected chi connectivity index (χ3v) is 9.78. The van der Waals surface area contributed by atoms with Gasteiger partial charge in [-0.25, -0.2) is 0 Å². The van der Waals surface area contributed by atoms with Gasteiger partial charge in [-0.3, -0.25) is 4.79 Å². The van der Waals surface area contributed by atoms with Crippen molar-refractivity contribution < 1.29 is 28.5 Å². The van der Waals surface area contributed by atoms with Crippen LogP contribution in [0.3, 0.4) is 0 Å². The number of hydrogen-bond acceptors (Lipinski definition) is 8. The number of ether oxygens (including phenoxy) is 5. The van der Waals surface area contributed by atoms with Crippen molar-refractivity contribution in [3.63, 3.8) is 0 Å². The third-order valence-electron chi connectivity index (χ3n) is 9.78. The minimum absolute atomic E-state index is 0.0280. The van der Waals surface area contributed by atoms with E-state index in [-0.39, 0.29) is 18.0 Å². The van der Waals surface area contributed by atoms with Gasteiger partial charge >= 0.3 is 5.97 Å². The highest BCUT2D eigenvalue weighted by molar-refractivity contribution is 5.69. The number of rotatable bonds is 26. The first-order valence-electron chi connectivity index (χ1n) is 19.7. The minimum Gasteiger partial charge on any atom is -0.493 e. The Bertz CT molecular complexity index is 1290. The smallest absolute Gasteiger partial charge is 0.306 e. The lowest BCUT2D eigenvalue weighted by molar-refractivity contribution is -0.147. The lowest BCUT2D eigenvalue weighted by Gasteiger charge is -2.32. The van der Waals surface area contributed by atoms with Crippen molar-refractivity contribution in [3.8, 4) is 29.1 Å². The van der Waals surface area contributed by atoms with Gasteiger partial charge in [-0.15, -0.1) is 0 Å². The van der Waals surface area contributed by atoms with Crippen LogP contribution in [-0.4, -0.2) is 65.5 Å². The third kappa shape index (κ3) is 17.4. The highest BCUT2D eigenvalue weighted by atomic mass is 16.5. The molecule has 0 bridgehead atoms. The molecule has 1 atom stereocenters. The van der Waals surface area contributed by atoms with Gasteiger partial charge in [0.1, 0.15) is 0 Å². The zero-order chi connectivity index (χ0) is 38.8. The Labute approximate surface area is 317 Å². The topological polar surface area (TPSA) is 90.3 Å². The van der Waals surface area contributed by atoms with Crippen molar-refractivity contribution in [1.29, 1.82) is 5.26 Å². The van der Waals surface area contributed by atoms with Crippen molar-refractivity contribution in [2.75, 3.05) is 48.6 Å². The molecule has 0 aliphatic carbocycles. The molecule has 0 fully saturated rings. The van der Waals surface area contributed by atoms with E-state index in [1.807, 2.05) is 44.2 Å². The number of carbonyl (C=O) groups is 1. The quantitative estimate of drug-likeness (QED) is 0.0700. The number of methoxy groups -OCH3 is 4. The maximum Gasteiger partial charge on any atom is 0.306 e. The van der Waals surface area contributed by atoms with Crippen LogP contribution in [0.4, 0.5) is 0 Å². The van der Waals surface area contributed by atoms with E-state index in [1.165, 1.54) is 69.8 Å². The molecule has 2 rings (SSSR count). The van der Waals surface area contributed by atoms with Crippen LogP contribution in [0.25, 0.3) is 0 Å². The fourth-order valence-corrected chi connectivity index (χ4v) is 6.48. The number of nitrogens with zero attached hydrogens (tertiary/aromatic N) is 2. The first-order valence-corrected chi connectivity index (χ1v) is 19.7. The van der Waals surface area contributed by atoms with E-state index in [9.17, 15) is 10.1 Å². The second-order valence-corrected chi connectivity index (χ2v) is 14.5. The predicted octanol–water partition coefficient (Wildman–Crippen LogP) is 10.7. The lowest BCUT2D eigenvalue weighted by Crippen LogP contribution is -2.32. The molecular weight excluding hydrogens is 652 g/mol. The molecule has 52 heavy (non-hydrogen) atoms. The molecular formula is C44H72N2O6. The summed E-state index contributed by atoms with van der Waals surface area (Å²) >= 11 is 0. The number of esters is 1. The molecule has 0 saturated heterocycles. The highest BCUT2D eigenvalue weighted by Gasteiger charge is 2.36. The number of unbranched alkanes of at least 4 members (excludes halogenated alkanes) is 10. The van der Waals surface area contributed by atoms with Gasteiger partial charge in [-0.2, -0.15) is 5.26 Å². The van der Waals surface area contributed by atoms with Crippen LogP contribution < -0.4 is 18.9 Å². The Morgan fingerprint density at radius 2 is 1.23 bits per heavy atom. The van der Waals surface area contributed by atoms with E-state index in [2.05, 4.69) is 44.9 Å². The zero-order valence-electron chi connectivity index (χ0n) is 34.5. The number of likely N-dealkylation sites (N-methyl/N-ethyl adjacent to an activating group) is 1. The normalized spacial score (nSPS) is 12.2. The Hall–Kier alpha value is -3.44. The largest absolute Gasteiger partial charge is 0.493 e. The summed E-state index contributed by atoms with van der Waals surface area (Å²) in [5.41, 5.74) is 1.60. The molecule has 0 aromatic heterocycles. The molecule has 2 aromatic rings. The van der Waals surface area contributed by atoms with E-state index in [0.717, 1.165) is 55.8 Å². The van der Waals surface area contributed by atoms with Gasteiger partial charge in [0.2, 0.25) is 0 Å². The molecule has 0 heterocycles. The zero-order valence-corrected chi connectivity index (χ0v) is 34.5. The second-order valence-electron chi connectivity index (χ2n) is 14.5. The molecule has 0 aliphatic rings. The summed E-state index contributed by atoms with van der Waals surface area (Å²) in [7, 11) is 8.67. The molecule has 0 N–H and O–H groups in total. The fourth-order valence-electron chi connectivity index (χ4n) is 6.48. The number of hydrogen-bond donors (Lipinski definition) is 0. The minimum atomic E-state index is -0.580. The summed E-state index contributed by atoms with van der Waals surface area (Å²) in [4.78, 5) is 13.6. The summed E-state index contributed by atoms with van der Waals surface area (Å²) in [6, 6.07) is 14.5. The van der Waals surface area contributed by atoms with Gasteiger partial charge in [0.05, 0.1) is 46.0 Å². The second kappa shape index (κ2) is 27.2. The van der Waals surface area contributed by atoms with Gasteiger partial charge < -0.3 is 28.6 Å². The van der Waals surface area contributed by atoms with Crippen LogP contribution in [0.2, 0.25) is 0 Å². The van der Waals surface area contributed by atoms with Gasteiger partial charge in [0, 0.05) is 13.0 Å². The van der Waals surface area contributed by atoms with Crippen molar-refractivity contribution in [3.05, 3.63) is 47.5 Å². The Morgan fingerprint density at radius 1 is 0.712 bits per heavy atom.